The summed E-state index contributed by atoms with van der Waals surface area (Å²) in [6.07, 6.45) is 0. The first-order chi connectivity index (χ1) is 73.2. The molecule has 0 aliphatic rings. The second-order valence-corrected chi connectivity index (χ2v) is 38.6. The Balaban J connectivity index is 0.000000107. The van der Waals surface area contributed by atoms with Crippen LogP contribution in [0.4, 0.5) is 0 Å². The van der Waals surface area contributed by atoms with Crippen molar-refractivity contribution in [2.75, 3.05) is 0 Å². The molecule has 30 rings (SSSR count). The lowest BCUT2D eigenvalue weighted by Crippen LogP contribution is -1.96. The quantitative estimate of drug-likeness (QED) is 0.110. The van der Waals surface area contributed by atoms with Crippen LogP contribution in [0.2, 0.25) is 0 Å². The van der Waals surface area contributed by atoms with Crippen LogP contribution in [0, 0.1) is 6.92 Å². The fourth-order valence-electron chi connectivity index (χ4n) is 23.2. The molecule has 0 amide bonds. The van der Waals surface area contributed by atoms with E-state index in [1.807, 2.05) is 12.1 Å². The van der Waals surface area contributed by atoms with Gasteiger partial charge in [-0.15, -0.1) is 0 Å². The molecule has 0 unspecified atom stereocenters. The van der Waals surface area contributed by atoms with Crippen LogP contribution in [-0.4, -0.2) is 27.4 Å². The molecular weight excluding hydrogens is 1780 g/mol. The van der Waals surface area contributed by atoms with Crippen LogP contribution >= 0.6 is 0 Å². The first-order valence-electron chi connectivity index (χ1n) is 51.1. The van der Waals surface area contributed by atoms with Crippen molar-refractivity contribution in [1.82, 2.24) is 27.4 Å². The van der Waals surface area contributed by atoms with Gasteiger partial charge in [0.1, 0.15) is 0 Å². The maximum absolute atomic E-state index is 8.62. The van der Waals surface area contributed by atoms with E-state index in [4.69, 9.17) is 1.37 Å². The van der Waals surface area contributed by atoms with Crippen molar-refractivity contribution in [3.8, 4) is 112 Å². The molecule has 6 heterocycles. The van der Waals surface area contributed by atoms with Crippen molar-refractivity contribution >= 4 is 152 Å². The summed E-state index contributed by atoms with van der Waals surface area (Å²) in [6.45, 7) is 2.16. The molecule has 24 aromatic carbocycles. The number of aryl methyl sites for hydroxylation is 1. The summed E-state index contributed by atoms with van der Waals surface area (Å²) < 4.78 is 23.0. The zero-order valence-corrected chi connectivity index (χ0v) is 80.6. The minimum absolute atomic E-state index is 0.505. The molecule has 6 aromatic heterocycles. The summed E-state index contributed by atoms with van der Waals surface area (Å²) >= 11 is 0. The molecule has 0 spiro atoms. The Morgan fingerprint density at radius 2 is 0.395 bits per heavy atom. The highest BCUT2D eigenvalue weighted by atomic mass is 15.0. The minimum atomic E-state index is 0.505. The third kappa shape index (κ3) is 14.9. The second-order valence-electron chi connectivity index (χ2n) is 38.6. The van der Waals surface area contributed by atoms with Gasteiger partial charge < -0.3 is 27.4 Å². The minimum Gasteiger partial charge on any atom is -0.309 e. The van der Waals surface area contributed by atoms with Gasteiger partial charge in [0.15, 0.2) is 0 Å². The monoisotopic (exact) mass is 1870 g/mol. The molecular formula is C141H94N6. The van der Waals surface area contributed by atoms with Gasteiger partial charge in [0.25, 0.3) is 0 Å². The molecule has 688 valence electrons. The number of nitrogens with zero attached hydrogens (tertiary/aromatic N) is 6. The summed E-state index contributed by atoms with van der Waals surface area (Å²) in [4.78, 5) is 0. The van der Waals surface area contributed by atoms with E-state index in [0.29, 0.717) is 6.04 Å². The topological polar surface area (TPSA) is 29.6 Å². The predicted molar refractivity (Wildman–Crippen MR) is 623 cm³/mol. The number of aromatic nitrogens is 6. The molecule has 6 nitrogen and oxygen atoms in total. The highest BCUT2D eigenvalue weighted by molar-refractivity contribution is 6.18. The van der Waals surface area contributed by atoms with Crippen LogP contribution in [-0.2, 0) is 0 Å². The van der Waals surface area contributed by atoms with E-state index in [2.05, 4.69) is 568 Å². The molecule has 147 heavy (non-hydrogen) atoms. The van der Waals surface area contributed by atoms with Crippen molar-refractivity contribution in [2.45, 2.75) is 6.92 Å². The molecule has 0 bridgehead atoms. The van der Waals surface area contributed by atoms with Gasteiger partial charge in [-0.2, -0.15) is 0 Å². The summed E-state index contributed by atoms with van der Waals surface area (Å²) in [7, 11) is 0. The Labute approximate surface area is 851 Å². The average molecular weight is 1870 g/mol. The first kappa shape index (κ1) is 84.5. The molecule has 0 atom stereocenters. The van der Waals surface area contributed by atoms with Crippen LogP contribution in [0.3, 0.4) is 0 Å². The number of benzene rings is 24. The van der Waals surface area contributed by atoms with Crippen LogP contribution in [0.1, 0.15) is 6.93 Å². The molecule has 30 aromatic rings. The van der Waals surface area contributed by atoms with E-state index in [1.54, 1.807) is 0 Å². The van der Waals surface area contributed by atoms with E-state index in [9.17, 15) is 0 Å². The van der Waals surface area contributed by atoms with Crippen LogP contribution in [0.5, 0.6) is 0 Å². The van der Waals surface area contributed by atoms with E-state index in [1.165, 1.54) is 220 Å². The normalized spacial score (nSPS) is 11.8. The van der Waals surface area contributed by atoms with Gasteiger partial charge in [0.2, 0.25) is 0 Å². The number of fused-ring (bicyclic) bond motifs is 20. The molecule has 0 aliphatic heterocycles. The second kappa shape index (κ2) is 35.7. The van der Waals surface area contributed by atoms with Gasteiger partial charge in [-0.3, -0.25) is 0 Å². The number of hydrogen-bond donors (Lipinski definition) is 0. The van der Waals surface area contributed by atoms with Gasteiger partial charge in [0, 0.05) is 98.5 Å². The third-order valence-electron chi connectivity index (χ3n) is 30.1. The van der Waals surface area contributed by atoms with E-state index in [0.717, 1.165) is 50.1 Å². The lowest BCUT2D eigenvalue weighted by atomic mass is 9.98. The fourth-order valence-corrected chi connectivity index (χ4v) is 23.2. The highest BCUT2D eigenvalue weighted by Gasteiger charge is 2.24. The Kier molecular flexibility index (Phi) is 20.5. The third-order valence-corrected chi connectivity index (χ3v) is 30.1. The van der Waals surface area contributed by atoms with Crippen LogP contribution in [0.15, 0.2) is 552 Å². The Morgan fingerprint density at radius 3 is 0.816 bits per heavy atom. The van der Waals surface area contributed by atoms with E-state index in [-0.39, 0.29) is 0 Å². The van der Waals surface area contributed by atoms with Gasteiger partial charge in [-0.25, -0.2) is 0 Å². The fraction of sp³-hybridized carbons (Fsp3) is 0.00709. The largest absolute Gasteiger partial charge is 0.309 e. The summed E-state index contributed by atoms with van der Waals surface area (Å²) in [5.74, 6) is 0. The van der Waals surface area contributed by atoms with Crippen LogP contribution < -0.4 is 0 Å². The molecule has 0 aliphatic carbocycles. The number of hydrogen-bond acceptors (Lipinski definition) is 0. The van der Waals surface area contributed by atoms with Gasteiger partial charge >= 0.3 is 0 Å². The van der Waals surface area contributed by atoms with Crippen molar-refractivity contribution in [3.05, 3.63) is 558 Å². The summed E-state index contributed by atoms with van der Waals surface area (Å²) in [5, 5.41) is 19.8. The lowest BCUT2D eigenvalue weighted by Gasteiger charge is -2.14. The van der Waals surface area contributed by atoms with Crippen LogP contribution in [0.25, 0.3) is 264 Å². The predicted octanol–water partition coefficient (Wildman–Crippen LogP) is 37.9. The molecule has 0 saturated heterocycles. The zero-order chi connectivity index (χ0) is 98.0. The molecule has 0 saturated carbocycles. The van der Waals surface area contributed by atoms with Crippen molar-refractivity contribution in [2.24, 2.45) is 0 Å². The SMILES string of the molecule is [2H]c1ccc2c(c1)c1cc(-c3ccc4c(c3)c3cc(C)ccc3n4-c3ccccc3)ccc1n2-c1cc(-c2ccccc2)cc(-c2ccccc2)c1.c1ccc(-c2ccc(-n3c4ccccc4c4cc(-c5ccc6c(c5)c5ccccc5n6-c5ccc6ccccc6c5)ccc43)cc2)cc1.c1ccc(-c2ccc(-n3c4ccccc4c4cc(-c5ccc6c(c5)c5ccccc5n6-c5cccc6ccccc56)ccc43)cc2)cc1. The maximum Gasteiger partial charge on any atom is 0.0623 e. The summed E-state index contributed by atoms with van der Waals surface area (Å²) in [6, 6.07) is 198. The number of para-hydroxylation sites is 6. The highest BCUT2D eigenvalue weighted by Crippen LogP contribution is 2.47. The Bertz CT molecular complexity index is 10400. The van der Waals surface area contributed by atoms with Crippen molar-refractivity contribution < 1.29 is 1.37 Å². The molecule has 0 fully saturated rings. The molecule has 6 heteroatoms. The van der Waals surface area contributed by atoms with E-state index < -0.39 is 0 Å². The first-order valence-corrected chi connectivity index (χ1v) is 50.6. The average Bonchev–Trinajstić information content (AvgIpc) is 1.59. The lowest BCUT2D eigenvalue weighted by molar-refractivity contribution is 1.18. The van der Waals surface area contributed by atoms with Gasteiger partial charge in [0.05, 0.1) is 73.3 Å². The van der Waals surface area contributed by atoms with Crippen molar-refractivity contribution in [3.63, 3.8) is 0 Å². The van der Waals surface area contributed by atoms with E-state index >= 15 is 0 Å². The molecule has 0 radical (unpaired) electrons. The molecule has 0 N–H and O–H groups in total. The number of rotatable bonds is 13. The summed E-state index contributed by atoms with van der Waals surface area (Å²) in [5.41, 5.74) is 39.3. The Morgan fingerprint density at radius 1 is 0.129 bits per heavy atom. The van der Waals surface area contributed by atoms with Gasteiger partial charge in [-0.05, 0) is 289 Å². The zero-order valence-electron chi connectivity index (χ0n) is 81.6. The van der Waals surface area contributed by atoms with Gasteiger partial charge in [-0.1, -0.05) is 370 Å². The Hall–Kier alpha value is -19.4. The smallest absolute Gasteiger partial charge is 0.0623 e. The standard InChI is InChI=1S/C49H34N2.2C46H30N2/c1-33-21-24-47-43(27-33)45-32-37(23-26-49(45)50(47)40-17-9-4-10-18-40)36-22-25-48-44(31-36)42-19-11-12-20-46(42)51(48)41-29-38(34-13-5-2-6-14-34)28-39(30-41)35-15-7-3-8-16-35;1-2-11-31(12-3-1)32-21-25-36(26-22-32)47-43-18-8-6-16-38(43)40-29-34(23-27-45(40)47)35-24-28-46-41(30-35)39-17-7-9-19-44(39)48(46)42-20-10-14-33-13-4-5-15-37(33)42;1-2-10-31(11-3-1)33-18-23-37(24-19-33)47-43-16-8-6-14-39(43)41-29-35(21-26-45(41)47)36-22-27-46-42(30-36)40-15-7-9-17-44(40)48(46)38-25-20-32-12-4-5-13-34(32)28-38/h2-32H,1H3;2*1-30H/i11D;;. The van der Waals surface area contributed by atoms with Crippen molar-refractivity contribution in [1.29, 1.82) is 0 Å². The maximum atomic E-state index is 8.62.